The number of nitrogens with two attached hydrogens (primary N) is 1. The van der Waals surface area contributed by atoms with Gasteiger partial charge in [-0.1, -0.05) is 30.3 Å². The summed E-state index contributed by atoms with van der Waals surface area (Å²) >= 11 is 1.44. The molecule has 0 spiro atoms. The molecule has 1 amide bonds. The number of anilines is 1. The van der Waals surface area contributed by atoms with Gasteiger partial charge in [0.15, 0.2) is 5.13 Å². The number of aliphatic hydroxyl groups is 1. The zero-order valence-corrected chi connectivity index (χ0v) is 14.3. The van der Waals surface area contributed by atoms with Crippen LogP contribution in [0.4, 0.5) is 5.13 Å². The molecular formula is C17H22N4O2S. The van der Waals surface area contributed by atoms with Gasteiger partial charge < -0.3 is 15.7 Å². The van der Waals surface area contributed by atoms with E-state index in [-0.39, 0.29) is 12.6 Å². The number of amides is 1. The van der Waals surface area contributed by atoms with E-state index in [0.717, 1.165) is 37.7 Å². The van der Waals surface area contributed by atoms with Gasteiger partial charge in [-0.2, -0.15) is 0 Å². The molecule has 24 heavy (non-hydrogen) atoms. The Kier molecular flexibility index (Phi) is 5.44. The molecule has 0 radical (unpaired) electrons. The molecule has 0 aliphatic carbocycles. The van der Waals surface area contributed by atoms with E-state index in [9.17, 15) is 9.90 Å². The van der Waals surface area contributed by atoms with E-state index in [2.05, 4.69) is 26.9 Å². The lowest BCUT2D eigenvalue weighted by Gasteiger charge is -2.41. The molecule has 1 aliphatic heterocycles. The normalized spacial score (nSPS) is 18.7. The van der Waals surface area contributed by atoms with Crippen molar-refractivity contribution in [1.82, 2.24) is 9.88 Å². The Morgan fingerprint density at radius 3 is 2.79 bits per heavy atom. The van der Waals surface area contributed by atoms with Crippen LogP contribution in [0, 0.1) is 0 Å². The number of piperazine rings is 1. The molecule has 0 unspecified atom stereocenters. The quantitative estimate of drug-likeness (QED) is 0.824. The van der Waals surface area contributed by atoms with Crippen LogP contribution in [0.5, 0.6) is 0 Å². The maximum atomic E-state index is 11.2. The number of hydrogen-bond acceptors (Lipinski definition) is 6. The SMILES string of the molecule is NC(=O)c1csc(N2CCN(Cc3ccccc3)[C@@H](CCO)C2)n1. The van der Waals surface area contributed by atoms with Crippen molar-refractivity contribution < 1.29 is 9.90 Å². The summed E-state index contributed by atoms with van der Waals surface area (Å²) in [5.74, 6) is -0.493. The Hall–Kier alpha value is -1.96. The Morgan fingerprint density at radius 2 is 2.12 bits per heavy atom. The van der Waals surface area contributed by atoms with Crippen LogP contribution < -0.4 is 10.6 Å². The number of rotatable bonds is 6. The summed E-state index contributed by atoms with van der Waals surface area (Å²) in [5, 5.41) is 11.9. The third kappa shape index (κ3) is 3.92. The van der Waals surface area contributed by atoms with Crippen LogP contribution in [-0.2, 0) is 6.54 Å². The van der Waals surface area contributed by atoms with Gasteiger partial charge in [0.2, 0.25) is 0 Å². The standard InChI is InChI=1S/C17H22N4O2S/c18-16(23)15-12-24-17(19-15)21-8-7-20(14(11-21)6-9-22)10-13-4-2-1-3-5-13/h1-5,12,14,22H,6-11H2,(H2,18,23)/t14-/m0/s1. The summed E-state index contributed by atoms with van der Waals surface area (Å²) in [5.41, 5.74) is 6.88. The second-order valence-corrected chi connectivity index (χ2v) is 6.78. The summed E-state index contributed by atoms with van der Waals surface area (Å²) in [6.45, 7) is 3.57. The lowest BCUT2D eigenvalue weighted by molar-refractivity contribution is 0.0996. The minimum Gasteiger partial charge on any atom is -0.396 e. The van der Waals surface area contributed by atoms with E-state index in [0.29, 0.717) is 5.69 Å². The maximum Gasteiger partial charge on any atom is 0.268 e. The summed E-state index contributed by atoms with van der Waals surface area (Å²) in [4.78, 5) is 20.1. The lowest BCUT2D eigenvalue weighted by atomic mass is 10.1. The minimum absolute atomic E-state index is 0.161. The van der Waals surface area contributed by atoms with Gasteiger partial charge in [-0.05, 0) is 12.0 Å². The molecule has 6 nitrogen and oxygen atoms in total. The van der Waals surface area contributed by atoms with Crippen LogP contribution in [-0.4, -0.2) is 53.2 Å². The zero-order chi connectivity index (χ0) is 16.9. The summed E-state index contributed by atoms with van der Waals surface area (Å²) < 4.78 is 0. The summed E-state index contributed by atoms with van der Waals surface area (Å²) in [7, 11) is 0. The van der Waals surface area contributed by atoms with Gasteiger partial charge in [0.05, 0.1) is 0 Å². The number of benzene rings is 1. The zero-order valence-electron chi connectivity index (χ0n) is 13.5. The van der Waals surface area contributed by atoms with Crippen molar-refractivity contribution in [3.05, 3.63) is 47.0 Å². The Labute approximate surface area is 145 Å². The van der Waals surface area contributed by atoms with Gasteiger partial charge in [-0.15, -0.1) is 11.3 Å². The van der Waals surface area contributed by atoms with Crippen LogP contribution in [0.3, 0.4) is 0 Å². The Balaban J connectivity index is 1.69. The van der Waals surface area contributed by atoms with Gasteiger partial charge in [0.25, 0.3) is 5.91 Å². The second-order valence-electron chi connectivity index (χ2n) is 5.95. The van der Waals surface area contributed by atoms with Crippen LogP contribution in [0.1, 0.15) is 22.5 Å². The highest BCUT2D eigenvalue weighted by Crippen LogP contribution is 2.25. The molecule has 1 aromatic heterocycles. The van der Waals surface area contributed by atoms with Gasteiger partial charge in [0.1, 0.15) is 5.69 Å². The third-order valence-corrected chi connectivity index (χ3v) is 5.21. The molecule has 0 bridgehead atoms. The molecule has 1 aromatic carbocycles. The van der Waals surface area contributed by atoms with Crippen molar-refractivity contribution in [1.29, 1.82) is 0 Å². The first-order valence-corrected chi connectivity index (χ1v) is 8.94. The highest BCUT2D eigenvalue weighted by Gasteiger charge is 2.28. The van der Waals surface area contributed by atoms with Crippen LogP contribution in [0.2, 0.25) is 0 Å². The van der Waals surface area contributed by atoms with Crippen molar-refractivity contribution in [2.24, 2.45) is 5.73 Å². The average molecular weight is 346 g/mol. The van der Waals surface area contributed by atoms with E-state index < -0.39 is 5.91 Å². The molecule has 2 aromatic rings. The minimum atomic E-state index is -0.493. The Morgan fingerprint density at radius 1 is 1.33 bits per heavy atom. The van der Waals surface area contributed by atoms with Gasteiger partial charge in [-0.25, -0.2) is 4.98 Å². The molecule has 3 rings (SSSR count). The number of aliphatic hydroxyl groups excluding tert-OH is 1. The third-order valence-electron chi connectivity index (χ3n) is 4.31. The van der Waals surface area contributed by atoms with E-state index in [1.165, 1.54) is 16.9 Å². The second kappa shape index (κ2) is 7.74. The number of carbonyl (C=O) groups is 1. The first-order valence-electron chi connectivity index (χ1n) is 8.06. The molecule has 0 saturated carbocycles. The van der Waals surface area contributed by atoms with Crippen molar-refractivity contribution in [2.75, 3.05) is 31.1 Å². The molecule has 2 heterocycles. The van der Waals surface area contributed by atoms with Crippen molar-refractivity contribution in [2.45, 2.75) is 19.0 Å². The molecule has 3 N–H and O–H groups in total. The molecule has 1 aliphatic rings. The number of nitrogens with zero attached hydrogens (tertiary/aromatic N) is 3. The van der Waals surface area contributed by atoms with E-state index in [1.807, 2.05) is 18.2 Å². The molecule has 1 fully saturated rings. The van der Waals surface area contributed by atoms with Gasteiger partial charge >= 0.3 is 0 Å². The number of aromatic nitrogens is 1. The predicted octanol–water partition coefficient (Wildman–Crippen LogP) is 1.32. The van der Waals surface area contributed by atoms with E-state index in [4.69, 9.17) is 5.73 Å². The summed E-state index contributed by atoms with van der Waals surface area (Å²) in [6.07, 6.45) is 0.720. The fourth-order valence-electron chi connectivity index (χ4n) is 3.04. The smallest absolute Gasteiger partial charge is 0.268 e. The predicted molar refractivity (Wildman–Crippen MR) is 95.2 cm³/mol. The number of thiazole rings is 1. The monoisotopic (exact) mass is 346 g/mol. The highest BCUT2D eigenvalue weighted by molar-refractivity contribution is 7.13. The van der Waals surface area contributed by atoms with Crippen molar-refractivity contribution in [3.8, 4) is 0 Å². The molecular weight excluding hydrogens is 324 g/mol. The number of primary amides is 1. The van der Waals surface area contributed by atoms with Crippen molar-refractivity contribution in [3.63, 3.8) is 0 Å². The van der Waals surface area contributed by atoms with Crippen LogP contribution in [0.25, 0.3) is 0 Å². The number of carbonyl (C=O) groups excluding carboxylic acids is 1. The largest absolute Gasteiger partial charge is 0.396 e. The van der Waals surface area contributed by atoms with Crippen molar-refractivity contribution >= 4 is 22.4 Å². The number of hydrogen-bond donors (Lipinski definition) is 2. The molecule has 128 valence electrons. The van der Waals surface area contributed by atoms with Crippen LogP contribution >= 0.6 is 11.3 Å². The van der Waals surface area contributed by atoms with E-state index >= 15 is 0 Å². The van der Waals surface area contributed by atoms with Gasteiger partial charge in [0, 0.05) is 44.2 Å². The maximum absolute atomic E-state index is 11.2. The van der Waals surface area contributed by atoms with Crippen LogP contribution in [0.15, 0.2) is 35.7 Å². The lowest BCUT2D eigenvalue weighted by Crippen LogP contribution is -2.53. The molecule has 1 atom stereocenters. The first-order chi connectivity index (χ1) is 11.7. The summed E-state index contributed by atoms with van der Waals surface area (Å²) in [6, 6.07) is 10.6. The van der Waals surface area contributed by atoms with E-state index in [1.54, 1.807) is 5.38 Å². The first kappa shape index (κ1) is 16.9. The Bertz CT molecular complexity index is 676. The molecule has 1 saturated heterocycles. The van der Waals surface area contributed by atoms with Gasteiger partial charge in [-0.3, -0.25) is 9.69 Å². The fraction of sp³-hybridized carbons (Fsp3) is 0.412. The molecule has 7 heteroatoms. The average Bonchev–Trinajstić information content (AvgIpc) is 3.08. The topological polar surface area (TPSA) is 82.7 Å². The highest BCUT2D eigenvalue weighted by atomic mass is 32.1. The fourth-order valence-corrected chi connectivity index (χ4v) is 3.89.